The van der Waals surface area contributed by atoms with Crippen LogP contribution >= 0.6 is 0 Å². The number of hydrogen-bond donors (Lipinski definition) is 1. The monoisotopic (exact) mass is 289 g/mol. The molecule has 1 aromatic rings. The lowest BCUT2D eigenvalue weighted by atomic mass is 10.0. The number of halogens is 2. The average molecular weight is 289 g/mol. The van der Waals surface area contributed by atoms with Crippen molar-refractivity contribution in [3.05, 3.63) is 24.3 Å². The summed E-state index contributed by atoms with van der Waals surface area (Å²) in [7, 11) is -4.49. The Labute approximate surface area is 111 Å². The van der Waals surface area contributed by atoms with E-state index < -0.39 is 15.6 Å². The van der Waals surface area contributed by atoms with Crippen molar-refractivity contribution < 1.29 is 17.2 Å². The van der Waals surface area contributed by atoms with Gasteiger partial charge < -0.3 is 5.32 Å². The van der Waals surface area contributed by atoms with E-state index in [1.165, 1.54) is 37.1 Å². The van der Waals surface area contributed by atoms with Crippen molar-refractivity contribution in [2.24, 2.45) is 5.41 Å². The quantitative estimate of drug-likeness (QED) is 0.874. The van der Waals surface area contributed by atoms with Crippen molar-refractivity contribution in [2.75, 3.05) is 11.9 Å². The summed E-state index contributed by atoms with van der Waals surface area (Å²) in [6.45, 7) is 2.98. The van der Waals surface area contributed by atoms with Crippen LogP contribution in [0.5, 0.6) is 0 Å². The van der Waals surface area contributed by atoms with Crippen LogP contribution in [0.15, 0.2) is 29.2 Å². The van der Waals surface area contributed by atoms with Crippen LogP contribution in [0.25, 0.3) is 0 Å². The number of nitrogens with one attached hydrogen (secondary N) is 1. The van der Waals surface area contributed by atoms with Crippen LogP contribution in [-0.2, 0) is 9.84 Å². The molecule has 2 rings (SSSR count). The predicted molar refractivity (Wildman–Crippen MR) is 70.1 cm³/mol. The molecule has 0 bridgehead atoms. The molecule has 0 heterocycles. The SMILES string of the molecule is CCC1(CNc2ccc(S(=O)(=O)C(F)F)cc2)CC1. The van der Waals surface area contributed by atoms with Crippen LogP contribution in [0.4, 0.5) is 14.5 Å². The zero-order valence-electron chi connectivity index (χ0n) is 10.7. The normalized spacial score (nSPS) is 17.5. The Morgan fingerprint density at radius 2 is 1.84 bits per heavy atom. The Kier molecular flexibility index (Phi) is 3.80. The van der Waals surface area contributed by atoms with Gasteiger partial charge >= 0.3 is 5.76 Å². The third kappa shape index (κ3) is 3.05. The van der Waals surface area contributed by atoms with Gasteiger partial charge in [-0.3, -0.25) is 0 Å². The van der Waals surface area contributed by atoms with Gasteiger partial charge in [0.25, 0.3) is 0 Å². The summed E-state index contributed by atoms with van der Waals surface area (Å²) in [5.74, 6) is -3.37. The fraction of sp³-hybridized carbons (Fsp3) is 0.538. The first kappa shape index (κ1) is 14.2. The first-order chi connectivity index (χ1) is 8.89. The Hall–Kier alpha value is -1.17. The van der Waals surface area contributed by atoms with Crippen molar-refractivity contribution in [1.82, 2.24) is 0 Å². The van der Waals surface area contributed by atoms with Crippen LogP contribution in [0.1, 0.15) is 26.2 Å². The van der Waals surface area contributed by atoms with Gasteiger partial charge in [0.1, 0.15) is 0 Å². The minimum Gasteiger partial charge on any atom is -0.384 e. The first-order valence-corrected chi connectivity index (χ1v) is 7.80. The molecular weight excluding hydrogens is 272 g/mol. The molecule has 3 nitrogen and oxygen atoms in total. The van der Waals surface area contributed by atoms with Gasteiger partial charge in [0, 0.05) is 12.2 Å². The lowest BCUT2D eigenvalue weighted by Crippen LogP contribution is -2.15. The topological polar surface area (TPSA) is 46.2 Å². The van der Waals surface area contributed by atoms with Crippen LogP contribution in [-0.4, -0.2) is 20.7 Å². The van der Waals surface area contributed by atoms with Crippen molar-refractivity contribution in [3.63, 3.8) is 0 Å². The highest BCUT2D eigenvalue weighted by Gasteiger charge is 2.40. The lowest BCUT2D eigenvalue weighted by molar-refractivity contribution is 0.234. The molecule has 1 aliphatic rings. The van der Waals surface area contributed by atoms with Crippen molar-refractivity contribution >= 4 is 15.5 Å². The van der Waals surface area contributed by atoms with E-state index in [0.29, 0.717) is 5.41 Å². The summed E-state index contributed by atoms with van der Waals surface area (Å²) in [5.41, 5.74) is 1.13. The maximum Gasteiger partial charge on any atom is 0.341 e. The number of anilines is 1. The van der Waals surface area contributed by atoms with Gasteiger partial charge in [0.2, 0.25) is 9.84 Å². The molecule has 0 aliphatic heterocycles. The van der Waals surface area contributed by atoms with Gasteiger partial charge in [-0.2, -0.15) is 8.78 Å². The largest absolute Gasteiger partial charge is 0.384 e. The van der Waals surface area contributed by atoms with Gasteiger partial charge in [-0.15, -0.1) is 0 Å². The smallest absolute Gasteiger partial charge is 0.341 e. The highest BCUT2D eigenvalue weighted by Crippen LogP contribution is 2.48. The lowest BCUT2D eigenvalue weighted by Gasteiger charge is -2.14. The summed E-state index contributed by atoms with van der Waals surface area (Å²) in [5, 5.41) is 3.22. The van der Waals surface area contributed by atoms with E-state index in [1.807, 2.05) is 0 Å². The van der Waals surface area contributed by atoms with Crippen LogP contribution in [0, 0.1) is 5.41 Å². The third-order valence-corrected chi connectivity index (χ3v) is 5.19. The molecule has 6 heteroatoms. The zero-order chi connectivity index (χ0) is 14.1. The molecule has 1 aromatic carbocycles. The van der Waals surface area contributed by atoms with E-state index in [1.54, 1.807) is 0 Å². The summed E-state index contributed by atoms with van der Waals surface area (Å²) in [6.07, 6.45) is 3.51. The minimum absolute atomic E-state index is 0.343. The van der Waals surface area contributed by atoms with Crippen molar-refractivity contribution in [2.45, 2.75) is 36.8 Å². The average Bonchev–Trinajstić information content (AvgIpc) is 3.17. The standard InChI is InChI=1S/C13H17F2NO2S/c1-2-13(7-8-13)9-16-10-3-5-11(6-4-10)19(17,18)12(14)15/h3-6,12,16H,2,7-9H2,1H3. The molecule has 106 valence electrons. The highest BCUT2D eigenvalue weighted by molar-refractivity contribution is 7.91. The molecule has 0 saturated heterocycles. The second-order valence-electron chi connectivity index (χ2n) is 5.04. The number of benzene rings is 1. The minimum atomic E-state index is -4.49. The molecule has 0 radical (unpaired) electrons. The van der Waals surface area contributed by atoms with E-state index in [4.69, 9.17) is 0 Å². The van der Waals surface area contributed by atoms with Crippen LogP contribution in [0.3, 0.4) is 0 Å². The molecule has 1 fully saturated rings. The summed E-state index contributed by atoms with van der Waals surface area (Å²) >= 11 is 0. The number of alkyl halides is 2. The molecule has 0 amide bonds. The Bertz CT molecular complexity index is 536. The Morgan fingerprint density at radius 1 is 1.26 bits per heavy atom. The number of rotatable bonds is 6. The highest BCUT2D eigenvalue weighted by atomic mass is 32.2. The van der Waals surface area contributed by atoms with Gasteiger partial charge in [-0.25, -0.2) is 8.42 Å². The van der Waals surface area contributed by atoms with Gasteiger partial charge in [-0.05, 0) is 48.9 Å². The summed E-state index contributed by atoms with van der Waals surface area (Å²) in [4.78, 5) is -0.343. The number of hydrogen-bond acceptors (Lipinski definition) is 3. The van der Waals surface area contributed by atoms with Gasteiger partial charge in [0.15, 0.2) is 0 Å². The van der Waals surface area contributed by atoms with E-state index in [2.05, 4.69) is 12.2 Å². The Morgan fingerprint density at radius 3 is 2.26 bits per heavy atom. The second kappa shape index (κ2) is 5.07. The molecule has 1 aliphatic carbocycles. The first-order valence-electron chi connectivity index (χ1n) is 6.26. The Balaban J connectivity index is 2.03. The second-order valence-corrected chi connectivity index (χ2v) is 6.95. The fourth-order valence-electron chi connectivity index (χ4n) is 1.99. The van der Waals surface area contributed by atoms with E-state index in [-0.39, 0.29) is 4.90 Å². The fourth-order valence-corrected chi connectivity index (χ4v) is 2.71. The van der Waals surface area contributed by atoms with Crippen molar-refractivity contribution in [3.8, 4) is 0 Å². The molecule has 0 aromatic heterocycles. The maximum absolute atomic E-state index is 12.4. The van der Waals surface area contributed by atoms with E-state index >= 15 is 0 Å². The molecule has 0 spiro atoms. The molecule has 1 N–H and O–H groups in total. The molecule has 0 unspecified atom stereocenters. The zero-order valence-corrected chi connectivity index (χ0v) is 11.5. The summed E-state index contributed by atoms with van der Waals surface area (Å²) < 4.78 is 47.2. The molecule has 1 saturated carbocycles. The molecule has 19 heavy (non-hydrogen) atoms. The molecule has 0 atom stereocenters. The van der Waals surface area contributed by atoms with Gasteiger partial charge in [-0.1, -0.05) is 6.92 Å². The van der Waals surface area contributed by atoms with E-state index in [9.17, 15) is 17.2 Å². The third-order valence-electron chi connectivity index (χ3n) is 3.79. The predicted octanol–water partition coefficient (Wildman–Crippen LogP) is 3.29. The van der Waals surface area contributed by atoms with Crippen molar-refractivity contribution in [1.29, 1.82) is 0 Å². The van der Waals surface area contributed by atoms with Gasteiger partial charge in [0.05, 0.1) is 4.90 Å². The van der Waals surface area contributed by atoms with Crippen LogP contribution in [0.2, 0.25) is 0 Å². The maximum atomic E-state index is 12.4. The summed E-state index contributed by atoms with van der Waals surface area (Å²) in [6, 6.07) is 5.49. The van der Waals surface area contributed by atoms with Crippen LogP contribution < -0.4 is 5.32 Å². The van der Waals surface area contributed by atoms with E-state index in [0.717, 1.165) is 18.7 Å². The molecular formula is C13H17F2NO2S. The number of sulfone groups is 1.